The van der Waals surface area contributed by atoms with Crippen molar-refractivity contribution in [2.45, 2.75) is 32.9 Å². The molecule has 8 heteroatoms. The Kier molecular flexibility index (Phi) is 8.21. The maximum atomic E-state index is 4.86. The number of likely N-dealkylation sites (tertiary alicyclic amines) is 1. The largest absolute Gasteiger partial charge is 0.357 e. The summed E-state index contributed by atoms with van der Waals surface area (Å²) in [5.41, 5.74) is 0. The van der Waals surface area contributed by atoms with Crippen molar-refractivity contribution in [2.24, 2.45) is 10.9 Å². The van der Waals surface area contributed by atoms with Crippen LogP contribution >= 0.6 is 51.2 Å². The molecule has 2 atom stereocenters. The highest BCUT2D eigenvalue weighted by molar-refractivity contribution is 14.0. The maximum absolute atomic E-state index is 4.86. The minimum absolute atomic E-state index is 0. The highest BCUT2D eigenvalue weighted by atomic mass is 127. The molecule has 2 aromatic heterocycles. The lowest BCUT2D eigenvalue weighted by molar-refractivity contribution is 0.189. The number of thiophene rings is 1. The highest BCUT2D eigenvalue weighted by Crippen LogP contribution is 2.28. The van der Waals surface area contributed by atoms with E-state index in [9.17, 15) is 0 Å². The first kappa shape index (κ1) is 20.7. The Morgan fingerprint density at radius 1 is 1.48 bits per heavy atom. The van der Waals surface area contributed by atoms with Crippen LogP contribution in [0.15, 0.2) is 39.6 Å². The SMILES string of the molecule is CCNC(=NCc1ccc(Br)s1)N1CCC(C)C(n2ccnc2)C1.I. The van der Waals surface area contributed by atoms with Crippen LogP contribution in [0.4, 0.5) is 0 Å². The number of nitrogens with zero attached hydrogens (tertiary/aromatic N) is 4. The predicted molar refractivity (Wildman–Crippen MR) is 119 cm³/mol. The third kappa shape index (κ3) is 5.43. The van der Waals surface area contributed by atoms with Crippen molar-refractivity contribution in [3.05, 3.63) is 39.5 Å². The Hall–Kier alpha value is -0.610. The van der Waals surface area contributed by atoms with Crippen molar-refractivity contribution in [2.75, 3.05) is 19.6 Å². The molecule has 0 bridgehead atoms. The minimum atomic E-state index is 0. The monoisotopic (exact) mass is 537 g/mol. The Bertz CT molecular complexity index is 672. The zero-order valence-corrected chi connectivity index (χ0v) is 19.3. The summed E-state index contributed by atoms with van der Waals surface area (Å²) in [4.78, 5) is 12.7. The van der Waals surface area contributed by atoms with E-state index in [1.165, 1.54) is 4.88 Å². The van der Waals surface area contributed by atoms with Gasteiger partial charge in [0.05, 0.1) is 22.7 Å². The molecule has 1 fully saturated rings. The van der Waals surface area contributed by atoms with E-state index in [0.717, 1.165) is 42.3 Å². The summed E-state index contributed by atoms with van der Waals surface area (Å²) in [7, 11) is 0. The molecule has 1 aliphatic heterocycles. The Morgan fingerprint density at radius 2 is 2.32 bits per heavy atom. The van der Waals surface area contributed by atoms with E-state index in [0.29, 0.717) is 12.0 Å². The molecule has 0 saturated carbocycles. The van der Waals surface area contributed by atoms with Crippen molar-refractivity contribution in [3.63, 3.8) is 0 Å². The van der Waals surface area contributed by atoms with Gasteiger partial charge < -0.3 is 14.8 Å². The van der Waals surface area contributed by atoms with Gasteiger partial charge in [-0.05, 0) is 47.3 Å². The van der Waals surface area contributed by atoms with Gasteiger partial charge in [0.2, 0.25) is 0 Å². The van der Waals surface area contributed by atoms with E-state index in [1.54, 1.807) is 11.3 Å². The van der Waals surface area contributed by atoms with Crippen molar-refractivity contribution in [1.29, 1.82) is 0 Å². The zero-order valence-electron chi connectivity index (χ0n) is 14.6. The van der Waals surface area contributed by atoms with Crippen molar-refractivity contribution in [3.8, 4) is 0 Å². The van der Waals surface area contributed by atoms with Crippen LogP contribution < -0.4 is 5.32 Å². The van der Waals surface area contributed by atoms with Crippen LogP contribution in [0.2, 0.25) is 0 Å². The third-order valence-corrected chi connectivity index (χ3v) is 6.08. The van der Waals surface area contributed by atoms with Gasteiger partial charge in [-0.25, -0.2) is 9.98 Å². The van der Waals surface area contributed by atoms with Gasteiger partial charge in [0.15, 0.2) is 5.96 Å². The van der Waals surface area contributed by atoms with Crippen LogP contribution in [0.25, 0.3) is 0 Å². The molecule has 0 spiro atoms. The number of aliphatic imine (C=N–C) groups is 1. The van der Waals surface area contributed by atoms with Crippen LogP contribution in [0.1, 0.15) is 31.2 Å². The molecule has 138 valence electrons. The summed E-state index contributed by atoms with van der Waals surface area (Å²) in [6.45, 7) is 8.07. The first-order valence-corrected chi connectivity index (χ1v) is 10.0. The van der Waals surface area contributed by atoms with Crippen LogP contribution in [0, 0.1) is 5.92 Å². The van der Waals surface area contributed by atoms with E-state index in [4.69, 9.17) is 4.99 Å². The number of hydrogen-bond acceptors (Lipinski definition) is 3. The van der Waals surface area contributed by atoms with E-state index in [1.807, 2.05) is 12.5 Å². The summed E-state index contributed by atoms with van der Waals surface area (Å²) >= 11 is 5.26. The van der Waals surface area contributed by atoms with Crippen molar-refractivity contribution in [1.82, 2.24) is 19.8 Å². The topological polar surface area (TPSA) is 45.5 Å². The second kappa shape index (κ2) is 9.91. The van der Waals surface area contributed by atoms with Gasteiger partial charge in [-0.2, -0.15) is 0 Å². The molecule has 2 aromatic rings. The Labute approximate surface area is 179 Å². The summed E-state index contributed by atoms with van der Waals surface area (Å²) in [5.74, 6) is 1.66. The normalized spacial score (nSPS) is 21.1. The summed E-state index contributed by atoms with van der Waals surface area (Å²) < 4.78 is 3.39. The fraction of sp³-hybridized carbons (Fsp3) is 0.529. The van der Waals surface area contributed by atoms with Gasteiger partial charge in [0, 0.05) is 36.9 Å². The molecule has 25 heavy (non-hydrogen) atoms. The predicted octanol–water partition coefficient (Wildman–Crippen LogP) is 4.37. The summed E-state index contributed by atoms with van der Waals surface area (Å²) in [6, 6.07) is 4.66. The first-order valence-electron chi connectivity index (χ1n) is 8.42. The van der Waals surface area contributed by atoms with Crippen molar-refractivity contribution < 1.29 is 0 Å². The summed E-state index contributed by atoms with van der Waals surface area (Å²) in [5, 5.41) is 3.45. The van der Waals surface area contributed by atoms with Gasteiger partial charge >= 0.3 is 0 Å². The Morgan fingerprint density at radius 3 is 2.96 bits per heavy atom. The fourth-order valence-electron chi connectivity index (χ4n) is 3.11. The van der Waals surface area contributed by atoms with E-state index >= 15 is 0 Å². The molecule has 5 nitrogen and oxygen atoms in total. The van der Waals surface area contributed by atoms with Gasteiger partial charge in [-0.3, -0.25) is 0 Å². The average Bonchev–Trinajstić information content (AvgIpc) is 3.24. The molecule has 0 aliphatic carbocycles. The van der Waals surface area contributed by atoms with Crippen LogP contribution in [0.5, 0.6) is 0 Å². The fourth-order valence-corrected chi connectivity index (χ4v) is 4.52. The highest BCUT2D eigenvalue weighted by Gasteiger charge is 2.28. The van der Waals surface area contributed by atoms with Crippen LogP contribution in [0.3, 0.4) is 0 Å². The van der Waals surface area contributed by atoms with Gasteiger partial charge in [0.25, 0.3) is 0 Å². The maximum Gasteiger partial charge on any atom is 0.194 e. The van der Waals surface area contributed by atoms with Gasteiger partial charge in [-0.15, -0.1) is 35.3 Å². The molecule has 3 heterocycles. The van der Waals surface area contributed by atoms with E-state index in [-0.39, 0.29) is 24.0 Å². The second-order valence-electron chi connectivity index (χ2n) is 6.17. The lowest BCUT2D eigenvalue weighted by Gasteiger charge is -2.39. The number of aromatic nitrogens is 2. The number of nitrogens with one attached hydrogen (secondary N) is 1. The Balaban J connectivity index is 0.00000225. The molecule has 0 aromatic carbocycles. The smallest absolute Gasteiger partial charge is 0.194 e. The van der Waals surface area contributed by atoms with Crippen LogP contribution in [-0.2, 0) is 6.54 Å². The minimum Gasteiger partial charge on any atom is -0.357 e. The molecule has 3 rings (SSSR count). The molecule has 0 radical (unpaired) electrons. The lowest BCUT2D eigenvalue weighted by Crippen LogP contribution is -2.49. The number of halogens is 2. The molecule has 1 N–H and O–H groups in total. The van der Waals surface area contributed by atoms with E-state index in [2.05, 4.69) is 67.9 Å². The lowest BCUT2D eigenvalue weighted by atomic mass is 9.93. The molecule has 1 saturated heterocycles. The van der Waals surface area contributed by atoms with Crippen LogP contribution in [-0.4, -0.2) is 40.0 Å². The molecular weight excluding hydrogens is 513 g/mol. The number of imidazole rings is 1. The number of hydrogen-bond donors (Lipinski definition) is 1. The van der Waals surface area contributed by atoms with Gasteiger partial charge in [0.1, 0.15) is 0 Å². The van der Waals surface area contributed by atoms with Crippen molar-refractivity contribution >= 4 is 57.2 Å². The number of piperidine rings is 1. The zero-order chi connectivity index (χ0) is 16.9. The molecule has 1 aliphatic rings. The molecule has 0 amide bonds. The standard InChI is InChI=1S/C17H24BrN5S.HI/c1-3-20-17(21-10-14-4-5-16(18)24-14)22-8-6-13(2)15(11-22)23-9-7-19-12-23;/h4-5,7,9,12-13,15H,3,6,8,10-11H2,1-2H3,(H,20,21);1H. The first-order chi connectivity index (χ1) is 11.7. The average molecular weight is 538 g/mol. The molecule has 2 unspecified atom stereocenters. The summed E-state index contributed by atoms with van der Waals surface area (Å²) in [6.07, 6.45) is 7.02. The van der Waals surface area contributed by atoms with Gasteiger partial charge in [-0.1, -0.05) is 6.92 Å². The third-order valence-electron chi connectivity index (χ3n) is 4.47. The number of guanidine groups is 1. The second-order valence-corrected chi connectivity index (χ2v) is 8.71. The molecular formula is C17H25BrIN5S. The quantitative estimate of drug-likeness (QED) is 0.358. The number of rotatable bonds is 4. The van der Waals surface area contributed by atoms with E-state index < -0.39 is 0 Å².